The minimum atomic E-state index is -0.444. The molecule has 1 unspecified atom stereocenters. The molecule has 1 heterocycles. The Morgan fingerprint density at radius 2 is 1.70 bits per heavy atom. The molecule has 0 amide bonds. The highest BCUT2D eigenvalue weighted by Gasteiger charge is 2.13. The van der Waals surface area contributed by atoms with Crippen LogP contribution in [-0.2, 0) is 6.42 Å². The topological polar surface area (TPSA) is 50.4 Å². The van der Waals surface area contributed by atoms with Gasteiger partial charge in [-0.2, -0.15) is 0 Å². The van der Waals surface area contributed by atoms with Gasteiger partial charge in [-0.1, -0.05) is 55.5 Å². The molecular weight excluding hydrogens is 356 g/mol. The summed E-state index contributed by atoms with van der Waals surface area (Å²) in [5.74, 6) is 2.00. The molecule has 0 saturated carbocycles. The van der Waals surface area contributed by atoms with E-state index in [1.54, 1.807) is 6.07 Å². The molecule has 0 bridgehead atoms. The molecule has 0 aliphatic heterocycles. The second-order valence-electron chi connectivity index (χ2n) is 6.75. The lowest BCUT2D eigenvalue weighted by Gasteiger charge is -2.11. The highest BCUT2D eigenvalue weighted by Crippen LogP contribution is 2.26. The van der Waals surface area contributed by atoms with E-state index < -0.39 is 5.63 Å². The maximum atomic E-state index is 12.3. The van der Waals surface area contributed by atoms with Crippen LogP contribution in [0.2, 0.25) is 0 Å². The molecule has 1 atom stereocenters. The zero-order valence-electron chi connectivity index (χ0n) is 15.4. The largest absolute Gasteiger partial charge is 0.507 e. The van der Waals surface area contributed by atoms with Gasteiger partial charge in [0, 0.05) is 22.3 Å². The lowest BCUT2D eigenvalue weighted by molar-refractivity contribution is 0.436. The molecule has 0 aliphatic carbocycles. The van der Waals surface area contributed by atoms with Crippen LogP contribution in [0.1, 0.15) is 25.3 Å². The van der Waals surface area contributed by atoms with Gasteiger partial charge >= 0.3 is 5.63 Å². The van der Waals surface area contributed by atoms with Gasteiger partial charge in [0.1, 0.15) is 11.5 Å². The first-order valence-electron chi connectivity index (χ1n) is 9.22. The van der Waals surface area contributed by atoms with Gasteiger partial charge in [0.25, 0.3) is 0 Å². The van der Waals surface area contributed by atoms with Gasteiger partial charge in [0.05, 0.1) is 5.56 Å². The van der Waals surface area contributed by atoms with E-state index in [4.69, 9.17) is 4.42 Å². The van der Waals surface area contributed by atoms with Crippen LogP contribution in [0, 0.1) is 5.92 Å². The summed E-state index contributed by atoms with van der Waals surface area (Å²) in [6, 6.07) is 21.2. The van der Waals surface area contributed by atoms with Crippen LogP contribution in [0.25, 0.3) is 11.3 Å². The molecule has 140 valence electrons. The Labute approximate surface area is 164 Å². The molecule has 0 aliphatic rings. The van der Waals surface area contributed by atoms with Crippen LogP contribution in [0.15, 0.2) is 80.8 Å². The van der Waals surface area contributed by atoms with Crippen molar-refractivity contribution in [2.24, 2.45) is 5.92 Å². The maximum Gasteiger partial charge on any atom is 0.343 e. The number of thioether (sulfide) groups is 1. The molecule has 1 aromatic heterocycles. The van der Waals surface area contributed by atoms with E-state index >= 15 is 0 Å². The van der Waals surface area contributed by atoms with E-state index in [-0.39, 0.29) is 5.75 Å². The number of aromatic hydroxyl groups is 1. The van der Waals surface area contributed by atoms with Gasteiger partial charge in [0.2, 0.25) is 0 Å². The van der Waals surface area contributed by atoms with Crippen molar-refractivity contribution in [2.75, 3.05) is 5.75 Å². The van der Waals surface area contributed by atoms with Crippen LogP contribution >= 0.6 is 11.8 Å². The fraction of sp³-hybridized carbons (Fsp3) is 0.261. The molecule has 0 saturated heterocycles. The van der Waals surface area contributed by atoms with Crippen molar-refractivity contribution in [1.29, 1.82) is 0 Å². The molecule has 0 radical (unpaired) electrons. The molecule has 3 nitrogen and oxygen atoms in total. The van der Waals surface area contributed by atoms with Gasteiger partial charge in [-0.3, -0.25) is 0 Å². The quantitative estimate of drug-likeness (QED) is 0.505. The summed E-state index contributed by atoms with van der Waals surface area (Å²) in [4.78, 5) is 13.6. The van der Waals surface area contributed by atoms with E-state index in [0.717, 1.165) is 24.2 Å². The monoisotopic (exact) mass is 380 g/mol. The Hall–Kier alpha value is -2.46. The molecule has 3 rings (SSSR count). The average Bonchev–Trinajstić information content (AvgIpc) is 2.70. The van der Waals surface area contributed by atoms with Crippen molar-refractivity contribution in [3.8, 4) is 17.1 Å². The van der Waals surface area contributed by atoms with Crippen molar-refractivity contribution < 1.29 is 9.52 Å². The highest BCUT2D eigenvalue weighted by atomic mass is 32.2. The fourth-order valence-corrected chi connectivity index (χ4v) is 3.94. The zero-order chi connectivity index (χ0) is 19.1. The fourth-order valence-electron chi connectivity index (χ4n) is 2.95. The molecule has 1 N–H and O–H groups in total. The zero-order valence-corrected chi connectivity index (χ0v) is 16.2. The van der Waals surface area contributed by atoms with Crippen molar-refractivity contribution >= 4 is 11.8 Å². The minimum Gasteiger partial charge on any atom is -0.507 e. The average molecular weight is 381 g/mol. The summed E-state index contributed by atoms with van der Waals surface area (Å²) in [6.45, 7) is 2.22. The summed E-state index contributed by atoms with van der Waals surface area (Å²) in [6.07, 6.45) is 2.38. The van der Waals surface area contributed by atoms with Crippen LogP contribution in [0.5, 0.6) is 5.75 Å². The van der Waals surface area contributed by atoms with Crippen LogP contribution < -0.4 is 5.63 Å². The van der Waals surface area contributed by atoms with Gasteiger partial charge in [0.15, 0.2) is 0 Å². The summed E-state index contributed by atoms with van der Waals surface area (Å²) < 4.78 is 5.42. The van der Waals surface area contributed by atoms with Crippen molar-refractivity contribution in [3.63, 3.8) is 0 Å². The normalized spacial score (nSPS) is 12.0. The van der Waals surface area contributed by atoms with Crippen LogP contribution in [0.3, 0.4) is 0 Å². The van der Waals surface area contributed by atoms with Crippen LogP contribution in [-0.4, -0.2) is 10.9 Å². The molecular formula is C23H24O3S. The van der Waals surface area contributed by atoms with Crippen molar-refractivity contribution in [1.82, 2.24) is 0 Å². The lowest BCUT2D eigenvalue weighted by Crippen LogP contribution is -2.09. The first-order chi connectivity index (χ1) is 13.1. The SMILES string of the molecule is CC(CCCc1c(O)cc(-c2ccccc2)oc1=O)CSc1ccccc1. The third kappa shape index (κ3) is 5.51. The highest BCUT2D eigenvalue weighted by molar-refractivity contribution is 7.99. The third-order valence-electron chi connectivity index (χ3n) is 4.49. The van der Waals surface area contributed by atoms with E-state index in [2.05, 4.69) is 19.1 Å². The Morgan fingerprint density at radius 3 is 2.37 bits per heavy atom. The number of hydrogen-bond donors (Lipinski definition) is 1. The van der Waals surface area contributed by atoms with Crippen molar-refractivity contribution in [3.05, 3.63) is 82.7 Å². The van der Waals surface area contributed by atoms with E-state index in [0.29, 0.717) is 23.7 Å². The second-order valence-corrected chi connectivity index (χ2v) is 7.84. The van der Waals surface area contributed by atoms with E-state index in [1.807, 2.05) is 60.3 Å². The van der Waals surface area contributed by atoms with E-state index in [9.17, 15) is 9.90 Å². The predicted molar refractivity (Wildman–Crippen MR) is 111 cm³/mol. The van der Waals surface area contributed by atoms with Gasteiger partial charge in [-0.05, 0) is 37.3 Å². The molecule has 3 aromatic rings. The first-order valence-corrected chi connectivity index (χ1v) is 10.2. The smallest absolute Gasteiger partial charge is 0.343 e. The minimum absolute atomic E-state index is 0.0245. The molecule has 27 heavy (non-hydrogen) atoms. The number of rotatable bonds is 8. The summed E-state index contributed by atoms with van der Waals surface area (Å²) >= 11 is 1.85. The van der Waals surface area contributed by atoms with Gasteiger partial charge in [-0.15, -0.1) is 11.8 Å². The molecule has 4 heteroatoms. The Kier molecular flexibility index (Phi) is 6.77. The Balaban J connectivity index is 1.54. The summed E-state index contributed by atoms with van der Waals surface area (Å²) in [5, 5.41) is 10.3. The van der Waals surface area contributed by atoms with Crippen molar-refractivity contribution in [2.45, 2.75) is 31.1 Å². The van der Waals surface area contributed by atoms with E-state index in [1.165, 1.54) is 4.90 Å². The molecule has 2 aromatic carbocycles. The predicted octanol–water partition coefficient (Wildman–Crippen LogP) is 5.76. The van der Waals surface area contributed by atoms with Gasteiger partial charge < -0.3 is 9.52 Å². The first kappa shape index (κ1) is 19.3. The Morgan fingerprint density at radius 1 is 1.04 bits per heavy atom. The maximum absolute atomic E-state index is 12.3. The molecule has 0 fully saturated rings. The van der Waals surface area contributed by atoms with Gasteiger partial charge in [-0.25, -0.2) is 4.79 Å². The second kappa shape index (κ2) is 9.47. The standard InChI is InChI=1S/C23H24O3S/c1-17(16-27-19-12-6-3-7-13-19)9-8-14-20-21(24)15-22(26-23(20)25)18-10-4-2-5-11-18/h2-7,10-13,15,17,24H,8-9,14,16H2,1H3. The molecule has 0 spiro atoms. The third-order valence-corrected chi connectivity index (χ3v) is 5.83. The summed E-state index contributed by atoms with van der Waals surface area (Å²) in [7, 11) is 0. The van der Waals surface area contributed by atoms with Crippen LogP contribution in [0.4, 0.5) is 0 Å². The summed E-state index contributed by atoms with van der Waals surface area (Å²) in [5.41, 5.74) is 0.709. The number of benzene rings is 2. The lowest BCUT2D eigenvalue weighted by atomic mass is 10.0. The Bertz CT molecular complexity index is 904. The number of hydrogen-bond acceptors (Lipinski definition) is 4.